The SMILES string of the molecule is CC1(C)C(=O)N(CCN2CC3CC(c4ccc5cc(Cl)ccc5c4)C3C2)c2ccccc21. The number of para-hydroxylation sites is 1. The zero-order valence-electron chi connectivity index (χ0n) is 18.7. The lowest BCUT2D eigenvalue weighted by Crippen LogP contribution is -2.40. The van der Waals surface area contributed by atoms with Crippen LogP contribution in [0.15, 0.2) is 60.7 Å². The summed E-state index contributed by atoms with van der Waals surface area (Å²) >= 11 is 6.15. The zero-order chi connectivity index (χ0) is 22.0. The van der Waals surface area contributed by atoms with Crippen molar-refractivity contribution in [2.24, 2.45) is 11.8 Å². The van der Waals surface area contributed by atoms with Crippen LogP contribution in [0.25, 0.3) is 10.8 Å². The molecule has 32 heavy (non-hydrogen) atoms. The number of hydrogen-bond acceptors (Lipinski definition) is 2. The van der Waals surface area contributed by atoms with E-state index in [-0.39, 0.29) is 5.91 Å². The largest absolute Gasteiger partial charge is 0.310 e. The van der Waals surface area contributed by atoms with Gasteiger partial charge in [0, 0.05) is 36.9 Å². The highest BCUT2D eigenvalue weighted by atomic mass is 35.5. The van der Waals surface area contributed by atoms with Gasteiger partial charge in [-0.05, 0) is 78.1 Å². The van der Waals surface area contributed by atoms with Gasteiger partial charge in [-0.1, -0.05) is 54.1 Å². The quantitative estimate of drug-likeness (QED) is 0.503. The summed E-state index contributed by atoms with van der Waals surface area (Å²) in [5.41, 5.74) is 3.29. The van der Waals surface area contributed by atoms with Gasteiger partial charge in [0.1, 0.15) is 0 Å². The maximum Gasteiger partial charge on any atom is 0.237 e. The molecule has 3 unspecified atom stereocenters. The van der Waals surface area contributed by atoms with Crippen LogP contribution in [0.5, 0.6) is 0 Å². The van der Waals surface area contributed by atoms with Crippen molar-refractivity contribution < 1.29 is 4.79 Å². The summed E-state index contributed by atoms with van der Waals surface area (Å²) in [5, 5.41) is 3.28. The van der Waals surface area contributed by atoms with Crippen molar-refractivity contribution in [1.82, 2.24) is 4.90 Å². The molecule has 3 aromatic rings. The van der Waals surface area contributed by atoms with E-state index < -0.39 is 5.41 Å². The molecule has 1 amide bonds. The van der Waals surface area contributed by atoms with E-state index in [1.807, 2.05) is 43.0 Å². The van der Waals surface area contributed by atoms with Crippen LogP contribution in [-0.2, 0) is 10.2 Å². The molecule has 2 aliphatic heterocycles. The van der Waals surface area contributed by atoms with Gasteiger partial charge in [0.05, 0.1) is 5.41 Å². The molecule has 0 radical (unpaired) electrons. The minimum absolute atomic E-state index is 0.231. The predicted molar refractivity (Wildman–Crippen MR) is 132 cm³/mol. The second kappa shape index (κ2) is 7.33. The van der Waals surface area contributed by atoms with Gasteiger partial charge in [0.15, 0.2) is 0 Å². The van der Waals surface area contributed by atoms with E-state index in [9.17, 15) is 4.79 Å². The van der Waals surface area contributed by atoms with Gasteiger partial charge in [-0.15, -0.1) is 0 Å². The molecule has 0 spiro atoms. The molecule has 1 saturated carbocycles. The van der Waals surface area contributed by atoms with E-state index in [0.717, 1.165) is 54.3 Å². The molecule has 3 aromatic carbocycles. The number of rotatable bonds is 4. The Kier molecular flexibility index (Phi) is 4.64. The number of nitrogens with zero attached hydrogens (tertiary/aromatic N) is 2. The Morgan fingerprint density at radius 3 is 2.62 bits per heavy atom. The highest BCUT2D eigenvalue weighted by Gasteiger charge is 2.48. The van der Waals surface area contributed by atoms with Crippen molar-refractivity contribution in [2.45, 2.75) is 31.6 Å². The minimum Gasteiger partial charge on any atom is -0.310 e. The van der Waals surface area contributed by atoms with Gasteiger partial charge in [0.25, 0.3) is 0 Å². The number of hydrogen-bond donors (Lipinski definition) is 0. The number of carbonyl (C=O) groups excluding carboxylic acids is 1. The molecule has 0 bridgehead atoms. The van der Waals surface area contributed by atoms with Crippen molar-refractivity contribution in [3.05, 3.63) is 76.8 Å². The summed E-state index contributed by atoms with van der Waals surface area (Å²) in [6.07, 6.45) is 1.28. The number of benzene rings is 3. The summed E-state index contributed by atoms with van der Waals surface area (Å²) < 4.78 is 0. The van der Waals surface area contributed by atoms with E-state index in [1.165, 1.54) is 22.8 Å². The summed E-state index contributed by atoms with van der Waals surface area (Å²) in [6, 6.07) is 21.3. The first-order valence-corrected chi connectivity index (χ1v) is 12.1. The van der Waals surface area contributed by atoms with Gasteiger partial charge in [-0.3, -0.25) is 4.79 Å². The van der Waals surface area contributed by atoms with Crippen LogP contribution >= 0.6 is 11.6 Å². The molecular formula is C28H29ClN2O. The molecule has 3 aliphatic rings. The van der Waals surface area contributed by atoms with E-state index >= 15 is 0 Å². The third kappa shape index (κ3) is 3.09. The smallest absolute Gasteiger partial charge is 0.237 e. The third-order valence-electron chi connectivity index (χ3n) is 8.18. The fourth-order valence-corrected chi connectivity index (χ4v) is 6.47. The van der Waals surface area contributed by atoms with Crippen molar-refractivity contribution in [1.29, 1.82) is 0 Å². The summed E-state index contributed by atoms with van der Waals surface area (Å²) in [6.45, 7) is 8.13. The standard InChI is InChI=1S/C28H29ClN2O/c1-28(2)25-5-3-4-6-26(25)31(27(28)32)12-11-30-16-21-15-23(24(21)17-30)20-8-7-19-14-22(29)10-9-18(19)13-20/h3-10,13-14,21,23-24H,11-12,15-17H2,1-2H3. The fourth-order valence-electron chi connectivity index (χ4n) is 6.29. The van der Waals surface area contributed by atoms with Crippen molar-refractivity contribution in [2.75, 3.05) is 31.1 Å². The lowest BCUT2D eigenvalue weighted by Gasteiger charge is -2.40. The third-order valence-corrected chi connectivity index (χ3v) is 8.42. The second-order valence-corrected chi connectivity index (χ2v) is 10.8. The fraction of sp³-hybridized carbons (Fsp3) is 0.393. The summed E-state index contributed by atoms with van der Waals surface area (Å²) in [7, 11) is 0. The van der Waals surface area contributed by atoms with Gasteiger partial charge >= 0.3 is 0 Å². The lowest BCUT2D eigenvalue weighted by atomic mass is 9.64. The molecule has 0 N–H and O–H groups in total. The highest BCUT2D eigenvalue weighted by molar-refractivity contribution is 6.31. The molecular weight excluding hydrogens is 416 g/mol. The van der Waals surface area contributed by atoms with Crippen LogP contribution in [0.4, 0.5) is 5.69 Å². The first-order valence-electron chi connectivity index (χ1n) is 11.7. The maximum absolute atomic E-state index is 13.1. The zero-order valence-corrected chi connectivity index (χ0v) is 19.5. The van der Waals surface area contributed by atoms with Gasteiger partial charge < -0.3 is 9.80 Å². The van der Waals surface area contributed by atoms with Crippen LogP contribution in [0, 0.1) is 11.8 Å². The molecule has 3 atom stereocenters. The van der Waals surface area contributed by atoms with E-state index in [0.29, 0.717) is 5.92 Å². The molecule has 6 rings (SSSR count). The van der Waals surface area contributed by atoms with Crippen molar-refractivity contribution >= 4 is 34.0 Å². The van der Waals surface area contributed by atoms with Gasteiger partial charge in [0.2, 0.25) is 5.91 Å². The summed E-state index contributed by atoms with van der Waals surface area (Å²) in [4.78, 5) is 17.7. The average molecular weight is 445 g/mol. The molecule has 4 heteroatoms. The first-order chi connectivity index (χ1) is 15.4. The Hall–Kier alpha value is -2.36. The first kappa shape index (κ1) is 20.3. The maximum atomic E-state index is 13.1. The van der Waals surface area contributed by atoms with E-state index in [2.05, 4.69) is 41.3 Å². The topological polar surface area (TPSA) is 23.6 Å². The van der Waals surface area contributed by atoms with Crippen molar-refractivity contribution in [3.63, 3.8) is 0 Å². The van der Waals surface area contributed by atoms with Crippen LogP contribution in [-0.4, -0.2) is 37.0 Å². The van der Waals surface area contributed by atoms with Gasteiger partial charge in [-0.25, -0.2) is 0 Å². The number of amides is 1. The Balaban J connectivity index is 1.13. The lowest BCUT2D eigenvalue weighted by molar-refractivity contribution is -0.122. The molecule has 1 saturated heterocycles. The van der Waals surface area contributed by atoms with E-state index in [4.69, 9.17) is 11.6 Å². The number of fused-ring (bicyclic) bond motifs is 3. The Bertz CT molecular complexity index is 1220. The van der Waals surface area contributed by atoms with Gasteiger partial charge in [-0.2, -0.15) is 0 Å². The number of carbonyl (C=O) groups is 1. The van der Waals surface area contributed by atoms with Crippen LogP contribution < -0.4 is 4.90 Å². The molecule has 1 aliphatic carbocycles. The summed E-state index contributed by atoms with van der Waals surface area (Å²) in [5.74, 6) is 2.41. The molecule has 164 valence electrons. The highest BCUT2D eigenvalue weighted by Crippen LogP contribution is 2.51. The monoisotopic (exact) mass is 444 g/mol. The van der Waals surface area contributed by atoms with Crippen LogP contribution in [0.3, 0.4) is 0 Å². The molecule has 3 nitrogen and oxygen atoms in total. The number of likely N-dealkylation sites (tertiary alicyclic amines) is 1. The molecule has 0 aromatic heterocycles. The number of anilines is 1. The molecule has 2 fully saturated rings. The van der Waals surface area contributed by atoms with E-state index in [1.54, 1.807) is 0 Å². The normalized spacial score (nSPS) is 26.3. The predicted octanol–water partition coefficient (Wildman–Crippen LogP) is 5.85. The number of halogens is 1. The minimum atomic E-state index is -0.425. The molecule has 2 heterocycles. The van der Waals surface area contributed by atoms with Crippen LogP contribution in [0.2, 0.25) is 5.02 Å². The average Bonchev–Trinajstić information content (AvgIpc) is 3.19. The Morgan fingerprint density at radius 1 is 0.969 bits per heavy atom. The Labute approximate surface area is 195 Å². The van der Waals surface area contributed by atoms with Crippen molar-refractivity contribution in [3.8, 4) is 0 Å². The second-order valence-electron chi connectivity index (χ2n) is 10.4. The van der Waals surface area contributed by atoms with Crippen LogP contribution in [0.1, 0.15) is 37.3 Å². The Morgan fingerprint density at radius 2 is 1.75 bits per heavy atom.